The largest absolute Gasteiger partial charge is 0.381 e. The molecule has 0 N–H and O–H groups in total. The highest BCUT2D eigenvalue weighted by Gasteiger charge is 2.05. The summed E-state index contributed by atoms with van der Waals surface area (Å²) in [6.07, 6.45) is 0. The molecular formula is C6H14O3S. The molecule has 4 heteroatoms. The molecule has 62 valence electrons. The smallest absolute Gasteiger partial charge is 0.152 e. The average molecular weight is 166 g/mol. The van der Waals surface area contributed by atoms with Gasteiger partial charge in [0.15, 0.2) is 9.84 Å². The first kappa shape index (κ1) is 9.91. The van der Waals surface area contributed by atoms with Gasteiger partial charge in [0.1, 0.15) is 0 Å². The van der Waals surface area contributed by atoms with Gasteiger partial charge in [0.25, 0.3) is 0 Å². The molecule has 10 heavy (non-hydrogen) atoms. The van der Waals surface area contributed by atoms with Gasteiger partial charge in [-0.1, -0.05) is 6.92 Å². The van der Waals surface area contributed by atoms with Crippen molar-refractivity contribution in [2.45, 2.75) is 13.8 Å². The second kappa shape index (κ2) is 4.68. The third kappa shape index (κ3) is 4.76. The summed E-state index contributed by atoms with van der Waals surface area (Å²) in [4.78, 5) is 0. The van der Waals surface area contributed by atoms with Gasteiger partial charge in [0, 0.05) is 12.4 Å². The van der Waals surface area contributed by atoms with Crippen LogP contribution < -0.4 is 0 Å². The molecule has 0 aliphatic heterocycles. The summed E-state index contributed by atoms with van der Waals surface area (Å²) in [6.45, 7) is 4.39. The van der Waals surface area contributed by atoms with Gasteiger partial charge in [-0.2, -0.15) is 0 Å². The van der Waals surface area contributed by atoms with Crippen LogP contribution in [0.2, 0.25) is 0 Å². The number of rotatable bonds is 5. The van der Waals surface area contributed by atoms with E-state index in [0.717, 1.165) is 0 Å². The fourth-order valence-electron chi connectivity index (χ4n) is 0.475. The highest BCUT2D eigenvalue weighted by molar-refractivity contribution is 7.91. The summed E-state index contributed by atoms with van der Waals surface area (Å²) in [5.74, 6) is 0.359. The van der Waals surface area contributed by atoms with Crippen LogP contribution in [0.4, 0.5) is 0 Å². The van der Waals surface area contributed by atoms with Gasteiger partial charge < -0.3 is 4.74 Å². The Morgan fingerprint density at radius 2 is 1.90 bits per heavy atom. The van der Waals surface area contributed by atoms with Crippen molar-refractivity contribution in [2.75, 3.05) is 24.7 Å². The van der Waals surface area contributed by atoms with E-state index in [1.165, 1.54) is 0 Å². The van der Waals surface area contributed by atoms with Crippen LogP contribution in [-0.4, -0.2) is 33.1 Å². The third-order valence-electron chi connectivity index (χ3n) is 1.18. The Morgan fingerprint density at radius 1 is 1.30 bits per heavy atom. The van der Waals surface area contributed by atoms with Crippen molar-refractivity contribution in [3.63, 3.8) is 0 Å². The summed E-state index contributed by atoms with van der Waals surface area (Å²) < 4.78 is 26.5. The second-order valence-electron chi connectivity index (χ2n) is 1.93. The van der Waals surface area contributed by atoms with Gasteiger partial charge in [-0.05, 0) is 6.92 Å². The minimum absolute atomic E-state index is 0.150. The quantitative estimate of drug-likeness (QED) is 0.557. The molecule has 0 aliphatic rings. The zero-order valence-electron chi connectivity index (χ0n) is 6.46. The van der Waals surface area contributed by atoms with Crippen LogP contribution in [0.1, 0.15) is 13.8 Å². The molecule has 0 atom stereocenters. The summed E-state index contributed by atoms with van der Waals surface area (Å²) >= 11 is 0. The van der Waals surface area contributed by atoms with Crippen LogP contribution in [0.3, 0.4) is 0 Å². The molecule has 0 unspecified atom stereocenters. The van der Waals surface area contributed by atoms with Crippen molar-refractivity contribution >= 4 is 9.84 Å². The lowest BCUT2D eigenvalue weighted by atomic mass is 10.8. The van der Waals surface area contributed by atoms with E-state index in [4.69, 9.17) is 4.74 Å². The summed E-state index contributed by atoms with van der Waals surface area (Å²) in [7, 11) is -2.82. The van der Waals surface area contributed by atoms with Crippen LogP contribution in [0.5, 0.6) is 0 Å². The lowest BCUT2D eigenvalue weighted by Gasteiger charge is -1.99. The maximum absolute atomic E-state index is 10.8. The molecule has 0 aromatic rings. The van der Waals surface area contributed by atoms with E-state index < -0.39 is 9.84 Å². The molecule has 0 fully saturated rings. The van der Waals surface area contributed by atoms with E-state index in [2.05, 4.69) is 0 Å². The highest BCUT2D eigenvalue weighted by atomic mass is 32.2. The predicted octanol–water partition coefficient (Wildman–Crippen LogP) is 0.458. The van der Waals surface area contributed by atoms with E-state index in [9.17, 15) is 8.42 Å². The van der Waals surface area contributed by atoms with E-state index in [0.29, 0.717) is 13.2 Å². The lowest BCUT2D eigenvalue weighted by Crippen LogP contribution is -2.13. The Morgan fingerprint density at radius 3 is 2.30 bits per heavy atom. The molecule has 0 spiro atoms. The molecular weight excluding hydrogens is 152 g/mol. The van der Waals surface area contributed by atoms with Crippen molar-refractivity contribution in [2.24, 2.45) is 0 Å². The molecule has 0 heterocycles. The maximum Gasteiger partial charge on any atom is 0.152 e. The average Bonchev–Trinajstić information content (AvgIpc) is 1.89. The lowest BCUT2D eigenvalue weighted by molar-refractivity contribution is 0.163. The van der Waals surface area contributed by atoms with Gasteiger partial charge >= 0.3 is 0 Å². The highest BCUT2D eigenvalue weighted by Crippen LogP contribution is 1.88. The Balaban J connectivity index is 3.49. The Bertz CT molecular complexity index is 160. The molecule has 0 bridgehead atoms. The fourth-order valence-corrected chi connectivity index (χ4v) is 1.14. The van der Waals surface area contributed by atoms with Gasteiger partial charge in [0.2, 0.25) is 0 Å². The van der Waals surface area contributed by atoms with Crippen LogP contribution in [0.15, 0.2) is 0 Å². The maximum atomic E-state index is 10.8. The van der Waals surface area contributed by atoms with Crippen molar-refractivity contribution in [1.82, 2.24) is 0 Å². The standard InChI is InChI=1S/C6H14O3S/c1-3-9-5-6-10(7,8)4-2/h3-6H2,1-2H3. The van der Waals surface area contributed by atoms with Gasteiger partial charge in [-0.25, -0.2) is 8.42 Å². The molecule has 0 rings (SSSR count). The van der Waals surface area contributed by atoms with Gasteiger partial charge in [-0.3, -0.25) is 0 Å². The van der Waals surface area contributed by atoms with E-state index in [1.807, 2.05) is 6.92 Å². The molecule has 0 aromatic carbocycles. The van der Waals surface area contributed by atoms with Gasteiger partial charge in [0.05, 0.1) is 12.4 Å². The molecule has 0 amide bonds. The molecule has 0 saturated heterocycles. The first-order valence-electron chi connectivity index (χ1n) is 3.40. The van der Waals surface area contributed by atoms with Crippen LogP contribution in [0.25, 0.3) is 0 Å². The zero-order chi connectivity index (χ0) is 8.04. The summed E-state index contributed by atoms with van der Waals surface area (Å²) in [6, 6.07) is 0. The topological polar surface area (TPSA) is 43.4 Å². The van der Waals surface area contributed by atoms with Crippen molar-refractivity contribution in [1.29, 1.82) is 0 Å². The zero-order valence-corrected chi connectivity index (χ0v) is 7.28. The van der Waals surface area contributed by atoms with Crippen LogP contribution >= 0.6 is 0 Å². The number of sulfone groups is 1. The minimum Gasteiger partial charge on any atom is -0.381 e. The molecule has 3 nitrogen and oxygen atoms in total. The summed E-state index contributed by atoms with van der Waals surface area (Å²) in [5.41, 5.74) is 0. The van der Waals surface area contributed by atoms with Crippen molar-refractivity contribution in [3.05, 3.63) is 0 Å². The monoisotopic (exact) mass is 166 g/mol. The molecule has 0 aliphatic carbocycles. The Kier molecular flexibility index (Phi) is 4.64. The number of hydrogen-bond donors (Lipinski definition) is 0. The SMILES string of the molecule is CCOCCS(=O)(=O)CC. The van der Waals surface area contributed by atoms with E-state index >= 15 is 0 Å². The fraction of sp³-hybridized carbons (Fsp3) is 1.00. The van der Waals surface area contributed by atoms with Crippen LogP contribution in [-0.2, 0) is 14.6 Å². The van der Waals surface area contributed by atoms with Crippen molar-refractivity contribution in [3.8, 4) is 0 Å². The molecule has 0 radical (unpaired) electrons. The number of hydrogen-bond acceptors (Lipinski definition) is 3. The van der Waals surface area contributed by atoms with E-state index in [-0.39, 0.29) is 11.5 Å². The van der Waals surface area contributed by atoms with E-state index in [1.54, 1.807) is 6.92 Å². The van der Waals surface area contributed by atoms with Crippen molar-refractivity contribution < 1.29 is 13.2 Å². The normalized spacial score (nSPS) is 11.8. The Labute approximate surface area is 62.3 Å². The predicted molar refractivity (Wildman–Crippen MR) is 40.8 cm³/mol. The number of ether oxygens (including phenoxy) is 1. The molecule has 0 saturated carbocycles. The Hall–Kier alpha value is -0.0900. The summed E-state index contributed by atoms with van der Waals surface area (Å²) in [5, 5.41) is 0. The van der Waals surface area contributed by atoms with Gasteiger partial charge in [-0.15, -0.1) is 0 Å². The second-order valence-corrected chi connectivity index (χ2v) is 4.41. The molecule has 0 aromatic heterocycles. The third-order valence-corrected chi connectivity index (χ3v) is 2.85. The first-order valence-corrected chi connectivity index (χ1v) is 5.22. The minimum atomic E-state index is -2.82. The first-order chi connectivity index (χ1) is 4.62. The van der Waals surface area contributed by atoms with Crippen LogP contribution in [0, 0.1) is 0 Å².